The van der Waals surface area contributed by atoms with Crippen LogP contribution in [-0.4, -0.2) is 11.1 Å². The molecule has 5 rings (SSSR count). The van der Waals surface area contributed by atoms with E-state index in [-0.39, 0.29) is 5.91 Å². The quantitative estimate of drug-likeness (QED) is 0.250. The number of amidine groups is 1. The molecule has 1 N–H and O–H groups in total. The van der Waals surface area contributed by atoms with E-state index >= 15 is 0 Å². The highest BCUT2D eigenvalue weighted by Crippen LogP contribution is 2.34. The minimum atomic E-state index is -0.201. The fourth-order valence-electron chi connectivity index (χ4n) is 3.79. The molecule has 174 valence electrons. The average molecular weight is 564 g/mol. The number of thioether (sulfide) groups is 1. The molecular formula is C28H20BrClN2O2S. The summed E-state index contributed by atoms with van der Waals surface area (Å²) in [6.45, 7) is 2.32. The molecular weight excluding hydrogens is 544 g/mol. The summed E-state index contributed by atoms with van der Waals surface area (Å²) in [6, 6.07) is 25.7. The maximum Gasteiger partial charge on any atom is 0.264 e. The number of aliphatic imine (C=N–C) groups is 1. The number of carbonyl (C=O) groups is 1. The monoisotopic (exact) mass is 562 g/mol. The standard InChI is InChI=1S/C28H20BrClN2O2S/c1-17-23(30)10-5-11-24(17)31-28-32-27(33)26(35-28)15-20-14-21(29)12-13-25(20)34-16-19-8-4-7-18-6-2-3-9-22(18)19/h2-15H,16H2,1H3,(H,31,32,33)/b26-15+. The topological polar surface area (TPSA) is 50.7 Å². The summed E-state index contributed by atoms with van der Waals surface area (Å²) in [7, 11) is 0. The Labute approximate surface area is 221 Å². The van der Waals surface area contributed by atoms with E-state index in [9.17, 15) is 4.79 Å². The second-order valence-corrected chi connectivity index (χ2v) is 10.3. The molecule has 35 heavy (non-hydrogen) atoms. The maximum atomic E-state index is 12.7. The Kier molecular flexibility index (Phi) is 6.95. The molecule has 1 aliphatic heterocycles. The summed E-state index contributed by atoms with van der Waals surface area (Å²) in [4.78, 5) is 17.8. The molecule has 0 radical (unpaired) electrons. The lowest BCUT2D eigenvalue weighted by molar-refractivity contribution is -0.115. The number of halogens is 2. The van der Waals surface area contributed by atoms with Gasteiger partial charge in [0.25, 0.3) is 5.91 Å². The van der Waals surface area contributed by atoms with Gasteiger partial charge in [0.15, 0.2) is 5.17 Å². The molecule has 4 nitrogen and oxygen atoms in total. The van der Waals surface area contributed by atoms with E-state index in [1.54, 1.807) is 0 Å². The zero-order valence-electron chi connectivity index (χ0n) is 18.7. The highest BCUT2D eigenvalue weighted by Gasteiger charge is 2.24. The molecule has 4 aromatic rings. The minimum Gasteiger partial charge on any atom is -0.488 e. The van der Waals surface area contributed by atoms with Crippen LogP contribution in [0.1, 0.15) is 16.7 Å². The molecule has 1 fully saturated rings. The van der Waals surface area contributed by atoms with Gasteiger partial charge in [0, 0.05) is 15.1 Å². The van der Waals surface area contributed by atoms with Gasteiger partial charge in [-0.1, -0.05) is 76.1 Å². The van der Waals surface area contributed by atoms with Gasteiger partial charge in [-0.2, -0.15) is 0 Å². The molecule has 0 atom stereocenters. The van der Waals surface area contributed by atoms with Crippen LogP contribution in [0.5, 0.6) is 5.75 Å². The largest absolute Gasteiger partial charge is 0.488 e. The van der Waals surface area contributed by atoms with E-state index in [0.717, 1.165) is 32.2 Å². The number of amides is 1. The van der Waals surface area contributed by atoms with Crippen molar-refractivity contribution < 1.29 is 9.53 Å². The molecule has 1 heterocycles. The van der Waals surface area contributed by atoms with Gasteiger partial charge in [0.05, 0.1) is 10.6 Å². The van der Waals surface area contributed by atoms with E-state index in [2.05, 4.69) is 50.5 Å². The highest BCUT2D eigenvalue weighted by molar-refractivity contribution is 9.10. The van der Waals surface area contributed by atoms with E-state index in [0.29, 0.717) is 27.5 Å². The molecule has 1 amide bonds. The molecule has 0 aliphatic carbocycles. The third-order valence-corrected chi connectivity index (χ3v) is 7.45. The average Bonchev–Trinajstić information content (AvgIpc) is 3.20. The number of nitrogens with zero attached hydrogens (tertiary/aromatic N) is 1. The van der Waals surface area contributed by atoms with Gasteiger partial charge >= 0.3 is 0 Å². The first kappa shape index (κ1) is 23.7. The first-order valence-electron chi connectivity index (χ1n) is 10.9. The Bertz CT molecular complexity index is 1510. The molecule has 0 saturated carbocycles. The van der Waals surface area contributed by atoms with Crippen LogP contribution in [0.2, 0.25) is 5.02 Å². The minimum absolute atomic E-state index is 0.201. The van der Waals surface area contributed by atoms with Gasteiger partial charge in [-0.3, -0.25) is 4.79 Å². The van der Waals surface area contributed by atoms with E-state index in [1.807, 2.05) is 67.6 Å². The smallest absolute Gasteiger partial charge is 0.264 e. The number of fused-ring (bicyclic) bond motifs is 1. The van der Waals surface area contributed by atoms with Gasteiger partial charge in [-0.15, -0.1) is 0 Å². The van der Waals surface area contributed by atoms with Crippen LogP contribution >= 0.6 is 39.3 Å². The number of hydrogen-bond donors (Lipinski definition) is 1. The van der Waals surface area contributed by atoms with Crippen LogP contribution in [0, 0.1) is 6.92 Å². The van der Waals surface area contributed by atoms with Crippen LogP contribution in [-0.2, 0) is 11.4 Å². The summed E-state index contributed by atoms with van der Waals surface area (Å²) >= 11 is 11.0. The van der Waals surface area contributed by atoms with Crippen molar-refractivity contribution in [2.45, 2.75) is 13.5 Å². The van der Waals surface area contributed by atoms with Gasteiger partial charge < -0.3 is 10.1 Å². The van der Waals surface area contributed by atoms with Crippen molar-refractivity contribution in [3.05, 3.63) is 110 Å². The SMILES string of the molecule is Cc1c(Cl)cccc1N=C1NC(=O)/C(=C\c2cc(Br)ccc2OCc2cccc3ccccc23)S1. The Morgan fingerprint density at radius 1 is 1.06 bits per heavy atom. The van der Waals surface area contributed by atoms with Crippen LogP contribution in [0.4, 0.5) is 5.69 Å². The second-order valence-electron chi connectivity index (χ2n) is 7.97. The number of carbonyl (C=O) groups excluding carboxylic acids is 1. The number of hydrogen-bond acceptors (Lipinski definition) is 4. The van der Waals surface area contributed by atoms with Crippen molar-refractivity contribution >= 4 is 72.9 Å². The summed E-state index contributed by atoms with van der Waals surface area (Å²) in [5, 5.41) is 6.33. The number of ether oxygens (including phenoxy) is 1. The zero-order valence-corrected chi connectivity index (χ0v) is 21.9. The Morgan fingerprint density at radius 3 is 2.74 bits per heavy atom. The van der Waals surface area contributed by atoms with Gasteiger partial charge in [0.1, 0.15) is 12.4 Å². The second kappa shape index (κ2) is 10.3. The third-order valence-electron chi connectivity index (χ3n) is 5.63. The predicted molar refractivity (Wildman–Crippen MR) is 149 cm³/mol. The fraction of sp³-hybridized carbons (Fsp3) is 0.0714. The van der Waals surface area contributed by atoms with E-state index < -0.39 is 0 Å². The molecule has 0 unspecified atom stereocenters. The third kappa shape index (κ3) is 5.30. The van der Waals surface area contributed by atoms with Crippen molar-refractivity contribution in [3.63, 3.8) is 0 Å². The predicted octanol–water partition coefficient (Wildman–Crippen LogP) is 8.03. The van der Waals surface area contributed by atoms with Crippen LogP contribution in [0.25, 0.3) is 16.8 Å². The molecule has 0 spiro atoms. The molecule has 4 aromatic carbocycles. The van der Waals surface area contributed by atoms with Gasteiger partial charge in [-0.05, 0) is 77.0 Å². The van der Waals surface area contributed by atoms with Crippen molar-refractivity contribution in [1.29, 1.82) is 0 Å². The van der Waals surface area contributed by atoms with Crippen LogP contribution in [0.3, 0.4) is 0 Å². The summed E-state index contributed by atoms with van der Waals surface area (Å²) < 4.78 is 7.13. The van der Waals surface area contributed by atoms with Gasteiger partial charge in [-0.25, -0.2) is 4.99 Å². The Balaban J connectivity index is 1.41. The molecule has 0 bridgehead atoms. The molecule has 7 heteroatoms. The van der Waals surface area contributed by atoms with E-state index in [1.165, 1.54) is 17.1 Å². The van der Waals surface area contributed by atoms with Crippen molar-refractivity contribution in [1.82, 2.24) is 5.32 Å². The van der Waals surface area contributed by atoms with Crippen molar-refractivity contribution in [2.24, 2.45) is 4.99 Å². The first-order chi connectivity index (χ1) is 17.0. The number of nitrogens with one attached hydrogen (secondary N) is 1. The van der Waals surface area contributed by atoms with Gasteiger partial charge in [0.2, 0.25) is 0 Å². The molecule has 1 aliphatic rings. The normalized spacial score (nSPS) is 15.7. The first-order valence-corrected chi connectivity index (χ1v) is 12.9. The fourth-order valence-corrected chi connectivity index (χ4v) is 5.16. The van der Waals surface area contributed by atoms with Crippen molar-refractivity contribution in [2.75, 3.05) is 0 Å². The Hall–Kier alpha value is -3.06. The number of rotatable bonds is 5. The highest BCUT2D eigenvalue weighted by atomic mass is 79.9. The van der Waals surface area contributed by atoms with Crippen molar-refractivity contribution in [3.8, 4) is 5.75 Å². The maximum absolute atomic E-state index is 12.7. The zero-order chi connectivity index (χ0) is 24.4. The molecule has 1 saturated heterocycles. The molecule has 0 aromatic heterocycles. The lowest BCUT2D eigenvalue weighted by Crippen LogP contribution is -2.19. The summed E-state index contributed by atoms with van der Waals surface area (Å²) in [5.74, 6) is 0.492. The lowest BCUT2D eigenvalue weighted by atomic mass is 10.1. The summed E-state index contributed by atoms with van der Waals surface area (Å²) in [6.07, 6.45) is 1.83. The summed E-state index contributed by atoms with van der Waals surface area (Å²) in [5.41, 5.74) is 3.49. The Morgan fingerprint density at radius 2 is 1.86 bits per heavy atom. The number of benzene rings is 4. The van der Waals surface area contributed by atoms with Crippen LogP contribution < -0.4 is 10.1 Å². The lowest BCUT2D eigenvalue weighted by Gasteiger charge is -2.12. The van der Waals surface area contributed by atoms with E-state index in [4.69, 9.17) is 16.3 Å². The van der Waals surface area contributed by atoms with Crippen LogP contribution in [0.15, 0.2) is 93.2 Å².